The molecule has 0 aliphatic heterocycles. The van der Waals surface area contributed by atoms with Crippen molar-refractivity contribution in [3.63, 3.8) is 0 Å². The summed E-state index contributed by atoms with van der Waals surface area (Å²) in [5.41, 5.74) is 0. The van der Waals surface area contributed by atoms with Gasteiger partial charge in [0.2, 0.25) is 0 Å². The molecule has 0 radical (unpaired) electrons. The molecule has 0 saturated heterocycles. The fraction of sp³-hybridized carbons (Fsp3) is 0.750. The lowest BCUT2D eigenvalue weighted by Crippen LogP contribution is -2.39. The second kappa shape index (κ2) is 7.11. The third-order valence-electron chi connectivity index (χ3n) is 4.39. The maximum absolute atomic E-state index is 10.1. The topological polar surface area (TPSA) is 45.4 Å². The molecule has 19 heavy (non-hydrogen) atoms. The molecule has 1 aromatic heterocycles. The second-order valence-electron chi connectivity index (χ2n) is 5.96. The van der Waals surface area contributed by atoms with Crippen molar-refractivity contribution in [2.45, 2.75) is 70.6 Å². The molecule has 2 N–H and O–H groups in total. The van der Waals surface area contributed by atoms with Gasteiger partial charge < -0.3 is 14.8 Å². The summed E-state index contributed by atoms with van der Waals surface area (Å²) in [6.45, 7) is 4.44. The van der Waals surface area contributed by atoms with E-state index >= 15 is 0 Å². The molecule has 1 heterocycles. The molecule has 1 aliphatic rings. The maximum atomic E-state index is 10.1. The Labute approximate surface area is 116 Å². The van der Waals surface area contributed by atoms with E-state index in [0.717, 1.165) is 5.92 Å². The van der Waals surface area contributed by atoms with E-state index in [1.807, 2.05) is 12.1 Å². The van der Waals surface area contributed by atoms with E-state index in [4.69, 9.17) is 4.42 Å². The second-order valence-corrected chi connectivity index (χ2v) is 5.96. The van der Waals surface area contributed by atoms with E-state index in [9.17, 15) is 5.11 Å². The van der Waals surface area contributed by atoms with Gasteiger partial charge in [-0.05, 0) is 57.1 Å². The Hall–Kier alpha value is -0.800. The third-order valence-corrected chi connectivity index (χ3v) is 4.39. The van der Waals surface area contributed by atoms with Gasteiger partial charge in [0.05, 0.1) is 6.26 Å². The van der Waals surface area contributed by atoms with Crippen LogP contribution in [-0.4, -0.2) is 17.2 Å². The Morgan fingerprint density at radius 2 is 2.11 bits per heavy atom. The number of hydrogen-bond donors (Lipinski definition) is 2. The molecule has 3 heteroatoms. The van der Waals surface area contributed by atoms with Crippen molar-refractivity contribution < 1.29 is 9.52 Å². The first-order valence-electron chi connectivity index (χ1n) is 7.66. The van der Waals surface area contributed by atoms with Crippen LogP contribution in [0.5, 0.6) is 0 Å². The Bertz CT molecular complexity index is 342. The first-order valence-corrected chi connectivity index (χ1v) is 7.66. The molecular formula is C16H27NO2. The predicted molar refractivity (Wildman–Crippen MR) is 76.9 cm³/mol. The fourth-order valence-corrected chi connectivity index (χ4v) is 3.14. The van der Waals surface area contributed by atoms with Crippen LogP contribution in [0.2, 0.25) is 0 Å². The number of aliphatic hydroxyl groups is 1. The van der Waals surface area contributed by atoms with Crippen LogP contribution in [0.25, 0.3) is 0 Å². The molecule has 0 bridgehead atoms. The normalized spacial score (nSPS) is 27.1. The highest BCUT2D eigenvalue weighted by Crippen LogP contribution is 2.27. The summed E-state index contributed by atoms with van der Waals surface area (Å²) in [7, 11) is 0. The van der Waals surface area contributed by atoms with Gasteiger partial charge in [-0.1, -0.05) is 13.3 Å². The van der Waals surface area contributed by atoms with Gasteiger partial charge in [0, 0.05) is 12.1 Å². The summed E-state index contributed by atoms with van der Waals surface area (Å²) in [6.07, 6.45) is 8.40. The van der Waals surface area contributed by atoms with Gasteiger partial charge in [-0.25, -0.2) is 0 Å². The molecule has 1 saturated carbocycles. The van der Waals surface area contributed by atoms with Gasteiger partial charge in [-0.2, -0.15) is 0 Å². The lowest BCUT2D eigenvalue weighted by molar-refractivity contribution is 0.124. The minimum Gasteiger partial charge on any atom is -0.467 e. The minimum absolute atomic E-state index is 0.322. The molecular weight excluding hydrogens is 238 g/mol. The number of hydrogen-bond acceptors (Lipinski definition) is 3. The Balaban J connectivity index is 1.71. The fourth-order valence-electron chi connectivity index (χ4n) is 3.14. The molecule has 0 spiro atoms. The first kappa shape index (κ1) is 14.6. The van der Waals surface area contributed by atoms with E-state index < -0.39 is 6.10 Å². The van der Waals surface area contributed by atoms with Gasteiger partial charge in [0.1, 0.15) is 11.9 Å². The molecule has 0 aromatic carbocycles. The van der Waals surface area contributed by atoms with E-state index in [1.54, 1.807) is 6.26 Å². The third kappa shape index (κ3) is 4.36. The van der Waals surface area contributed by atoms with Crippen LogP contribution in [0.3, 0.4) is 0 Å². The first-order chi connectivity index (χ1) is 9.19. The van der Waals surface area contributed by atoms with Crippen molar-refractivity contribution in [1.82, 2.24) is 5.32 Å². The zero-order valence-corrected chi connectivity index (χ0v) is 12.1. The largest absolute Gasteiger partial charge is 0.467 e. The summed E-state index contributed by atoms with van der Waals surface area (Å²) in [6, 6.07) is 4.61. The predicted octanol–water partition coefficient (Wildman–Crippen LogP) is 3.65. The van der Waals surface area contributed by atoms with Crippen LogP contribution in [0.4, 0.5) is 0 Å². The van der Waals surface area contributed by atoms with Crippen molar-refractivity contribution in [3.05, 3.63) is 24.2 Å². The average Bonchev–Trinajstić information content (AvgIpc) is 2.93. The van der Waals surface area contributed by atoms with Crippen molar-refractivity contribution in [3.8, 4) is 0 Å². The molecule has 0 amide bonds. The quantitative estimate of drug-likeness (QED) is 0.825. The van der Waals surface area contributed by atoms with Crippen molar-refractivity contribution in [2.24, 2.45) is 5.92 Å². The smallest absolute Gasteiger partial charge is 0.132 e. The van der Waals surface area contributed by atoms with Gasteiger partial charge >= 0.3 is 0 Å². The molecule has 2 atom stereocenters. The average molecular weight is 265 g/mol. The summed E-state index contributed by atoms with van der Waals surface area (Å²) in [5, 5.41) is 13.7. The summed E-state index contributed by atoms with van der Waals surface area (Å²) in [5.74, 6) is 1.60. The molecule has 2 unspecified atom stereocenters. The highest BCUT2D eigenvalue weighted by atomic mass is 16.4. The van der Waals surface area contributed by atoms with E-state index in [0.29, 0.717) is 24.3 Å². The van der Waals surface area contributed by atoms with Gasteiger partial charge in [-0.3, -0.25) is 0 Å². The molecule has 108 valence electrons. The van der Waals surface area contributed by atoms with Gasteiger partial charge in [0.25, 0.3) is 0 Å². The minimum atomic E-state index is -0.496. The number of aliphatic hydroxyl groups excluding tert-OH is 1. The molecule has 1 fully saturated rings. The van der Waals surface area contributed by atoms with E-state index in [1.165, 1.54) is 32.1 Å². The zero-order valence-electron chi connectivity index (χ0n) is 12.1. The standard InChI is InChI=1S/C16H27NO2/c1-3-13-6-8-14(9-7-13)17-12(2)11-15(18)16-5-4-10-19-16/h4-5,10,12-15,17-18H,3,6-9,11H2,1-2H3. The van der Waals surface area contributed by atoms with Crippen molar-refractivity contribution in [1.29, 1.82) is 0 Å². The van der Waals surface area contributed by atoms with E-state index in [2.05, 4.69) is 19.2 Å². The van der Waals surface area contributed by atoms with Crippen molar-refractivity contribution >= 4 is 0 Å². The molecule has 1 aromatic rings. The van der Waals surface area contributed by atoms with Crippen LogP contribution in [-0.2, 0) is 0 Å². The van der Waals surface area contributed by atoms with Crippen LogP contribution in [0.15, 0.2) is 22.8 Å². The van der Waals surface area contributed by atoms with Crippen LogP contribution in [0.1, 0.15) is 64.2 Å². The number of nitrogens with one attached hydrogen (secondary N) is 1. The van der Waals surface area contributed by atoms with Crippen LogP contribution < -0.4 is 5.32 Å². The van der Waals surface area contributed by atoms with Gasteiger partial charge in [-0.15, -0.1) is 0 Å². The molecule has 1 aliphatic carbocycles. The number of rotatable bonds is 6. The van der Waals surface area contributed by atoms with Crippen LogP contribution >= 0.6 is 0 Å². The maximum Gasteiger partial charge on any atom is 0.132 e. The summed E-state index contributed by atoms with van der Waals surface area (Å²) < 4.78 is 5.24. The van der Waals surface area contributed by atoms with Crippen LogP contribution in [0, 0.1) is 5.92 Å². The Morgan fingerprint density at radius 3 is 2.68 bits per heavy atom. The molecule has 3 nitrogen and oxygen atoms in total. The zero-order chi connectivity index (χ0) is 13.7. The monoisotopic (exact) mass is 265 g/mol. The molecule has 2 rings (SSSR count). The summed E-state index contributed by atoms with van der Waals surface area (Å²) >= 11 is 0. The van der Waals surface area contributed by atoms with Gasteiger partial charge in [0.15, 0.2) is 0 Å². The Kier molecular flexibility index (Phi) is 5.46. The number of furan rings is 1. The lowest BCUT2D eigenvalue weighted by atomic mass is 9.84. The van der Waals surface area contributed by atoms with Crippen molar-refractivity contribution in [2.75, 3.05) is 0 Å². The lowest BCUT2D eigenvalue weighted by Gasteiger charge is -2.31. The summed E-state index contributed by atoms with van der Waals surface area (Å²) in [4.78, 5) is 0. The highest BCUT2D eigenvalue weighted by Gasteiger charge is 2.22. The highest BCUT2D eigenvalue weighted by molar-refractivity contribution is 5.02. The van der Waals surface area contributed by atoms with E-state index in [-0.39, 0.29) is 0 Å². The SMILES string of the molecule is CCC1CCC(NC(C)CC(O)c2ccco2)CC1. The Morgan fingerprint density at radius 1 is 1.37 bits per heavy atom.